The van der Waals surface area contributed by atoms with Crippen LogP contribution in [-0.2, 0) is 16.1 Å². The fourth-order valence-electron chi connectivity index (χ4n) is 2.69. The van der Waals surface area contributed by atoms with Gasteiger partial charge < -0.3 is 15.0 Å². The van der Waals surface area contributed by atoms with E-state index in [1.54, 1.807) is 25.1 Å². The van der Waals surface area contributed by atoms with Gasteiger partial charge in [0, 0.05) is 22.6 Å². The summed E-state index contributed by atoms with van der Waals surface area (Å²) in [5.41, 5.74) is 0.777. The molecule has 2 rings (SSSR count). The summed E-state index contributed by atoms with van der Waals surface area (Å²) in [6.45, 7) is 4.42. The van der Waals surface area contributed by atoms with Gasteiger partial charge in [0.15, 0.2) is 6.61 Å². The van der Waals surface area contributed by atoms with E-state index < -0.39 is 6.04 Å². The second kappa shape index (κ2) is 11.8. The van der Waals surface area contributed by atoms with Crippen LogP contribution in [0.1, 0.15) is 32.3 Å². The van der Waals surface area contributed by atoms with Crippen LogP contribution in [0, 0.1) is 0 Å². The van der Waals surface area contributed by atoms with Crippen LogP contribution in [0.4, 0.5) is 0 Å². The van der Waals surface area contributed by atoms with Gasteiger partial charge in [0.2, 0.25) is 5.91 Å². The fraction of sp³-hybridized carbons (Fsp3) is 0.364. The van der Waals surface area contributed by atoms with Crippen molar-refractivity contribution in [3.63, 3.8) is 0 Å². The third-order valence-corrected chi connectivity index (χ3v) is 5.37. The van der Waals surface area contributed by atoms with Gasteiger partial charge in [-0.2, -0.15) is 0 Å². The Bertz CT molecular complexity index is 814. The Balaban J connectivity index is 2.11. The van der Waals surface area contributed by atoms with Gasteiger partial charge in [0.1, 0.15) is 11.8 Å². The van der Waals surface area contributed by atoms with Crippen LogP contribution in [0.25, 0.3) is 0 Å². The first-order valence-corrected chi connectivity index (χ1v) is 10.8. The van der Waals surface area contributed by atoms with Crippen LogP contribution in [0.5, 0.6) is 5.75 Å². The lowest BCUT2D eigenvalue weighted by Gasteiger charge is -2.29. The molecule has 0 saturated carbocycles. The number of nitrogens with one attached hydrogen (secondary N) is 1. The summed E-state index contributed by atoms with van der Waals surface area (Å²) in [5, 5.41) is 3.44. The Morgan fingerprint density at radius 1 is 1.17 bits per heavy atom. The predicted octanol–water partition coefficient (Wildman–Crippen LogP) is 4.81. The minimum absolute atomic E-state index is 0.168. The second-order valence-electron chi connectivity index (χ2n) is 6.68. The first kappa shape index (κ1) is 23.2. The Hall–Kier alpha value is -2.05. The van der Waals surface area contributed by atoms with Gasteiger partial charge in [-0.25, -0.2) is 0 Å². The summed E-state index contributed by atoms with van der Waals surface area (Å²) in [7, 11) is 0. The van der Waals surface area contributed by atoms with Gasteiger partial charge in [-0.3, -0.25) is 9.59 Å². The highest BCUT2D eigenvalue weighted by Crippen LogP contribution is 2.20. The van der Waals surface area contributed by atoms with E-state index in [-0.39, 0.29) is 25.0 Å². The molecule has 5 nitrogen and oxygen atoms in total. The Kier molecular flexibility index (Phi) is 9.48. The highest BCUT2D eigenvalue weighted by Gasteiger charge is 2.26. The summed E-state index contributed by atoms with van der Waals surface area (Å²) in [6.07, 6.45) is 1.88. The molecule has 0 heterocycles. The first-order chi connectivity index (χ1) is 13.9. The molecule has 2 amide bonds. The van der Waals surface area contributed by atoms with Crippen molar-refractivity contribution in [2.24, 2.45) is 0 Å². The molecule has 0 aliphatic heterocycles. The molecule has 29 heavy (non-hydrogen) atoms. The molecule has 0 aromatic heterocycles. The lowest BCUT2D eigenvalue weighted by molar-refractivity contribution is -0.142. The van der Waals surface area contributed by atoms with Crippen molar-refractivity contribution >= 4 is 39.3 Å². The topological polar surface area (TPSA) is 58.6 Å². The van der Waals surface area contributed by atoms with E-state index >= 15 is 0 Å². The van der Waals surface area contributed by atoms with Crippen LogP contribution in [0.15, 0.2) is 53.0 Å². The lowest BCUT2D eigenvalue weighted by atomic mass is 10.1. The standard InChI is InChI=1S/C22H26BrClN2O3/c1-3-4-13-25-22(28)16(2)26(14-17-7-5-6-8-20(17)24)21(27)15-29-19-11-9-18(23)10-12-19/h5-12,16H,3-4,13-15H2,1-2H3,(H,25,28)/t16-/m1/s1. The molecule has 2 aromatic rings. The van der Waals surface area contributed by atoms with Gasteiger partial charge in [0.05, 0.1) is 0 Å². The molecule has 2 aromatic carbocycles. The lowest BCUT2D eigenvalue weighted by Crippen LogP contribution is -2.49. The van der Waals surface area contributed by atoms with Crippen molar-refractivity contribution in [2.45, 2.75) is 39.3 Å². The van der Waals surface area contributed by atoms with Crippen molar-refractivity contribution in [3.8, 4) is 5.75 Å². The summed E-state index contributed by atoms with van der Waals surface area (Å²) in [6, 6.07) is 13.9. The summed E-state index contributed by atoms with van der Waals surface area (Å²) < 4.78 is 6.55. The van der Waals surface area contributed by atoms with E-state index in [0.29, 0.717) is 17.3 Å². The van der Waals surface area contributed by atoms with Crippen LogP contribution >= 0.6 is 27.5 Å². The van der Waals surface area contributed by atoms with Gasteiger partial charge in [0.25, 0.3) is 5.91 Å². The second-order valence-corrected chi connectivity index (χ2v) is 8.00. The maximum atomic E-state index is 12.9. The number of hydrogen-bond donors (Lipinski definition) is 1. The van der Waals surface area contributed by atoms with Crippen LogP contribution in [-0.4, -0.2) is 35.9 Å². The zero-order valence-corrected chi connectivity index (χ0v) is 19.0. The third-order valence-electron chi connectivity index (χ3n) is 4.47. The fourth-order valence-corrected chi connectivity index (χ4v) is 3.15. The molecular formula is C22H26BrClN2O3. The number of hydrogen-bond acceptors (Lipinski definition) is 3. The van der Waals surface area contributed by atoms with Gasteiger partial charge >= 0.3 is 0 Å². The van der Waals surface area contributed by atoms with E-state index in [2.05, 4.69) is 28.2 Å². The largest absolute Gasteiger partial charge is 0.484 e. The van der Waals surface area contributed by atoms with E-state index in [4.69, 9.17) is 16.3 Å². The molecule has 0 aliphatic rings. The number of halogens is 2. The third kappa shape index (κ3) is 7.37. The molecular weight excluding hydrogens is 456 g/mol. The first-order valence-electron chi connectivity index (χ1n) is 9.61. The number of rotatable bonds is 10. The molecule has 0 fully saturated rings. The maximum absolute atomic E-state index is 12.9. The molecule has 0 unspecified atom stereocenters. The Labute approximate surface area is 185 Å². The molecule has 0 saturated heterocycles. The minimum atomic E-state index is -0.649. The number of unbranched alkanes of at least 4 members (excludes halogenated alkanes) is 1. The molecule has 0 bridgehead atoms. The minimum Gasteiger partial charge on any atom is -0.484 e. The maximum Gasteiger partial charge on any atom is 0.261 e. The predicted molar refractivity (Wildman–Crippen MR) is 119 cm³/mol. The zero-order chi connectivity index (χ0) is 21.2. The van der Waals surface area contributed by atoms with E-state index in [0.717, 1.165) is 22.9 Å². The Morgan fingerprint density at radius 3 is 2.52 bits per heavy atom. The molecule has 7 heteroatoms. The molecule has 1 N–H and O–H groups in total. The molecule has 156 valence electrons. The summed E-state index contributed by atoms with van der Waals surface area (Å²) >= 11 is 9.64. The van der Waals surface area contributed by atoms with Gasteiger partial charge in [-0.1, -0.05) is 59.1 Å². The highest BCUT2D eigenvalue weighted by molar-refractivity contribution is 9.10. The Morgan fingerprint density at radius 2 is 1.86 bits per heavy atom. The van der Waals surface area contributed by atoms with E-state index in [9.17, 15) is 9.59 Å². The van der Waals surface area contributed by atoms with Crippen molar-refractivity contribution in [3.05, 3.63) is 63.6 Å². The van der Waals surface area contributed by atoms with Crippen LogP contribution in [0.2, 0.25) is 5.02 Å². The van der Waals surface area contributed by atoms with Gasteiger partial charge in [-0.15, -0.1) is 0 Å². The number of carbonyl (C=O) groups excluding carboxylic acids is 2. The molecule has 0 radical (unpaired) electrons. The average Bonchev–Trinajstić information content (AvgIpc) is 2.72. The van der Waals surface area contributed by atoms with Crippen LogP contribution < -0.4 is 10.1 Å². The van der Waals surface area contributed by atoms with E-state index in [1.165, 1.54) is 4.90 Å². The molecule has 0 spiro atoms. The quantitative estimate of drug-likeness (QED) is 0.495. The van der Waals surface area contributed by atoms with Crippen molar-refractivity contribution in [2.75, 3.05) is 13.2 Å². The monoisotopic (exact) mass is 480 g/mol. The van der Waals surface area contributed by atoms with Crippen molar-refractivity contribution in [1.82, 2.24) is 10.2 Å². The number of nitrogens with zero attached hydrogens (tertiary/aromatic N) is 1. The van der Waals surface area contributed by atoms with E-state index in [1.807, 2.05) is 30.3 Å². The molecule has 0 aliphatic carbocycles. The zero-order valence-electron chi connectivity index (χ0n) is 16.7. The number of carbonyl (C=O) groups is 2. The van der Waals surface area contributed by atoms with Gasteiger partial charge in [-0.05, 0) is 49.2 Å². The SMILES string of the molecule is CCCCNC(=O)[C@@H](C)N(Cc1ccccc1Cl)C(=O)COc1ccc(Br)cc1. The number of amides is 2. The average molecular weight is 482 g/mol. The highest BCUT2D eigenvalue weighted by atomic mass is 79.9. The van der Waals surface area contributed by atoms with Crippen molar-refractivity contribution < 1.29 is 14.3 Å². The summed E-state index contributed by atoms with van der Waals surface area (Å²) in [5.74, 6) is 0.104. The van der Waals surface area contributed by atoms with Crippen LogP contribution in [0.3, 0.4) is 0 Å². The number of ether oxygens (including phenoxy) is 1. The smallest absolute Gasteiger partial charge is 0.261 e. The number of benzene rings is 2. The normalized spacial score (nSPS) is 11.6. The summed E-state index contributed by atoms with van der Waals surface area (Å²) in [4.78, 5) is 27.0. The molecule has 1 atom stereocenters. The van der Waals surface area contributed by atoms with Crippen molar-refractivity contribution in [1.29, 1.82) is 0 Å².